The Morgan fingerprint density at radius 1 is 1.07 bits per heavy atom. The largest absolute Gasteiger partial charge is 0.353 e. The summed E-state index contributed by atoms with van der Waals surface area (Å²) in [6.45, 7) is 4.11. The van der Waals surface area contributed by atoms with Gasteiger partial charge in [-0.1, -0.05) is 6.07 Å². The molecule has 7 nitrogen and oxygen atoms in total. The third kappa shape index (κ3) is 2.81. The molecule has 5 heterocycles. The van der Waals surface area contributed by atoms with Crippen LogP contribution in [0.5, 0.6) is 0 Å². The SMILES string of the molecule is Cc1cn(-c2cccc3[nH]c(-c4n[nH]c5ccc(C6CCNCC6)nc45)cc23)cn1. The Hall–Kier alpha value is -3.45. The van der Waals surface area contributed by atoms with E-state index in [0.29, 0.717) is 5.92 Å². The second kappa shape index (κ2) is 6.81. The molecule has 1 aromatic carbocycles. The molecule has 5 aromatic rings. The molecule has 150 valence electrons. The van der Waals surface area contributed by atoms with E-state index in [1.807, 2.05) is 19.4 Å². The lowest BCUT2D eigenvalue weighted by Gasteiger charge is -2.22. The summed E-state index contributed by atoms with van der Waals surface area (Å²) in [5.41, 5.74) is 8.05. The lowest BCUT2D eigenvalue weighted by atomic mass is 9.94. The van der Waals surface area contributed by atoms with Crippen LogP contribution in [0.25, 0.3) is 39.0 Å². The van der Waals surface area contributed by atoms with Gasteiger partial charge in [-0.3, -0.25) is 5.10 Å². The molecule has 0 radical (unpaired) electrons. The van der Waals surface area contributed by atoms with E-state index in [-0.39, 0.29) is 0 Å². The first kappa shape index (κ1) is 17.4. The second-order valence-corrected chi connectivity index (χ2v) is 8.07. The van der Waals surface area contributed by atoms with Gasteiger partial charge in [0.25, 0.3) is 0 Å². The van der Waals surface area contributed by atoms with Crippen LogP contribution in [-0.2, 0) is 0 Å². The summed E-state index contributed by atoms with van der Waals surface area (Å²) in [6.07, 6.45) is 6.16. The van der Waals surface area contributed by atoms with E-state index in [9.17, 15) is 0 Å². The zero-order valence-corrected chi connectivity index (χ0v) is 16.8. The van der Waals surface area contributed by atoms with Crippen LogP contribution in [0.2, 0.25) is 0 Å². The smallest absolute Gasteiger partial charge is 0.135 e. The number of rotatable bonds is 3. The molecule has 7 heteroatoms. The first-order valence-electron chi connectivity index (χ1n) is 10.4. The van der Waals surface area contributed by atoms with Gasteiger partial charge < -0.3 is 14.9 Å². The summed E-state index contributed by atoms with van der Waals surface area (Å²) >= 11 is 0. The normalized spacial score (nSPS) is 15.4. The summed E-state index contributed by atoms with van der Waals surface area (Å²) in [7, 11) is 0. The number of pyridine rings is 1. The summed E-state index contributed by atoms with van der Waals surface area (Å²) in [5, 5.41) is 12.3. The first-order chi connectivity index (χ1) is 14.8. The van der Waals surface area contributed by atoms with Gasteiger partial charge in [-0.15, -0.1) is 0 Å². The van der Waals surface area contributed by atoms with E-state index in [1.165, 1.54) is 0 Å². The molecule has 0 saturated carbocycles. The Labute approximate surface area is 173 Å². The predicted molar refractivity (Wildman–Crippen MR) is 118 cm³/mol. The van der Waals surface area contributed by atoms with Crippen LogP contribution in [0.3, 0.4) is 0 Å². The van der Waals surface area contributed by atoms with Crippen LogP contribution in [0.15, 0.2) is 48.9 Å². The zero-order valence-electron chi connectivity index (χ0n) is 16.8. The molecule has 6 rings (SSSR count). The number of aromatic nitrogens is 6. The zero-order chi connectivity index (χ0) is 20.1. The van der Waals surface area contributed by atoms with Crippen molar-refractivity contribution in [3.8, 4) is 17.1 Å². The molecule has 0 atom stereocenters. The molecule has 3 N–H and O–H groups in total. The number of fused-ring (bicyclic) bond motifs is 2. The van der Waals surface area contributed by atoms with Crippen molar-refractivity contribution in [1.29, 1.82) is 0 Å². The van der Waals surface area contributed by atoms with E-state index < -0.39 is 0 Å². The van der Waals surface area contributed by atoms with Crippen LogP contribution in [-0.4, -0.2) is 42.8 Å². The van der Waals surface area contributed by atoms with Gasteiger partial charge in [0.15, 0.2) is 0 Å². The highest BCUT2D eigenvalue weighted by Gasteiger charge is 2.19. The lowest BCUT2D eigenvalue weighted by molar-refractivity contribution is 0.454. The Kier molecular flexibility index (Phi) is 3.95. The standard InChI is InChI=1S/C23H23N7/c1-14-12-30(13-25-14)21-4-2-3-18-16(21)11-20(26-18)23-22-19(28-29-23)6-5-17(27-22)15-7-9-24-10-8-15/h2-6,11-13,15,24,26H,7-10H2,1H3,(H,28,29). The molecule has 4 aromatic heterocycles. The molecule has 0 aliphatic carbocycles. The monoisotopic (exact) mass is 397 g/mol. The topological polar surface area (TPSA) is 87.2 Å². The average Bonchev–Trinajstić information content (AvgIpc) is 3.51. The number of nitrogens with zero attached hydrogens (tertiary/aromatic N) is 4. The van der Waals surface area contributed by atoms with Crippen molar-refractivity contribution in [2.75, 3.05) is 13.1 Å². The summed E-state index contributed by atoms with van der Waals surface area (Å²) < 4.78 is 2.06. The van der Waals surface area contributed by atoms with Crippen LogP contribution in [0.1, 0.15) is 30.1 Å². The quantitative estimate of drug-likeness (QED) is 0.428. The number of imidazole rings is 1. The maximum Gasteiger partial charge on any atom is 0.135 e. The highest BCUT2D eigenvalue weighted by Crippen LogP contribution is 2.32. The van der Waals surface area contributed by atoms with E-state index in [2.05, 4.69) is 66.4 Å². The highest BCUT2D eigenvalue weighted by molar-refractivity contribution is 5.96. The maximum atomic E-state index is 5.03. The molecule has 0 amide bonds. The molecule has 1 saturated heterocycles. The molecule has 1 aliphatic rings. The molecule has 30 heavy (non-hydrogen) atoms. The number of hydrogen-bond donors (Lipinski definition) is 3. The molecule has 1 fully saturated rings. The van der Waals surface area contributed by atoms with Crippen molar-refractivity contribution in [3.05, 3.63) is 60.3 Å². The van der Waals surface area contributed by atoms with Crippen LogP contribution < -0.4 is 5.32 Å². The Bertz CT molecular complexity index is 1350. The average molecular weight is 397 g/mol. The molecule has 0 spiro atoms. The number of piperidine rings is 1. The fourth-order valence-corrected chi connectivity index (χ4v) is 4.49. The van der Waals surface area contributed by atoms with Crippen molar-refractivity contribution in [3.63, 3.8) is 0 Å². The maximum absolute atomic E-state index is 5.03. The molecule has 0 unspecified atom stereocenters. The van der Waals surface area contributed by atoms with Crippen molar-refractivity contribution >= 4 is 21.9 Å². The van der Waals surface area contributed by atoms with Gasteiger partial charge in [0.1, 0.15) is 11.2 Å². The molecular formula is C23H23N7. The highest BCUT2D eigenvalue weighted by atomic mass is 15.1. The van der Waals surface area contributed by atoms with Crippen molar-refractivity contribution < 1.29 is 0 Å². The fraction of sp³-hybridized carbons (Fsp3) is 0.261. The number of nitrogens with one attached hydrogen (secondary N) is 3. The Morgan fingerprint density at radius 2 is 1.97 bits per heavy atom. The third-order valence-electron chi connectivity index (χ3n) is 6.07. The summed E-state index contributed by atoms with van der Waals surface area (Å²) in [4.78, 5) is 12.9. The number of aryl methyl sites for hydroxylation is 1. The van der Waals surface area contributed by atoms with Gasteiger partial charge in [-0.05, 0) is 63.2 Å². The minimum atomic E-state index is 0.511. The van der Waals surface area contributed by atoms with Crippen molar-refractivity contribution in [2.45, 2.75) is 25.7 Å². The third-order valence-corrected chi connectivity index (χ3v) is 6.07. The molecule has 0 bridgehead atoms. The van der Waals surface area contributed by atoms with Crippen LogP contribution in [0, 0.1) is 6.92 Å². The van der Waals surface area contributed by atoms with E-state index in [4.69, 9.17) is 4.98 Å². The van der Waals surface area contributed by atoms with E-state index >= 15 is 0 Å². The minimum Gasteiger partial charge on any atom is -0.353 e. The van der Waals surface area contributed by atoms with E-state index in [1.54, 1.807) is 0 Å². The van der Waals surface area contributed by atoms with Gasteiger partial charge in [-0.25, -0.2) is 9.97 Å². The molecule has 1 aliphatic heterocycles. The number of H-pyrrole nitrogens is 2. The number of aromatic amines is 2. The van der Waals surface area contributed by atoms with Gasteiger partial charge in [-0.2, -0.15) is 5.10 Å². The van der Waals surface area contributed by atoms with Crippen LogP contribution in [0.4, 0.5) is 0 Å². The van der Waals surface area contributed by atoms with Crippen molar-refractivity contribution in [1.82, 2.24) is 35.0 Å². The van der Waals surface area contributed by atoms with Gasteiger partial charge in [0.2, 0.25) is 0 Å². The van der Waals surface area contributed by atoms with Crippen molar-refractivity contribution in [2.24, 2.45) is 0 Å². The van der Waals surface area contributed by atoms with Gasteiger partial charge in [0.05, 0.1) is 28.9 Å². The summed E-state index contributed by atoms with van der Waals surface area (Å²) in [6, 6.07) is 12.7. The Balaban J connectivity index is 1.47. The second-order valence-electron chi connectivity index (χ2n) is 8.07. The number of hydrogen-bond acceptors (Lipinski definition) is 4. The van der Waals surface area contributed by atoms with Gasteiger partial charge >= 0.3 is 0 Å². The predicted octanol–water partition coefficient (Wildman–Crippen LogP) is 4.07. The van der Waals surface area contributed by atoms with Gasteiger partial charge in [0, 0.05) is 28.7 Å². The number of benzene rings is 1. The Morgan fingerprint density at radius 3 is 2.80 bits per heavy atom. The first-order valence-corrected chi connectivity index (χ1v) is 10.4. The minimum absolute atomic E-state index is 0.511. The molecular weight excluding hydrogens is 374 g/mol. The fourth-order valence-electron chi connectivity index (χ4n) is 4.49. The van der Waals surface area contributed by atoms with E-state index in [0.717, 1.165) is 76.3 Å². The van der Waals surface area contributed by atoms with Crippen LogP contribution >= 0.6 is 0 Å². The lowest BCUT2D eigenvalue weighted by Crippen LogP contribution is -2.27. The summed E-state index contributed by atoms with van der Waals surface area (Å²) in [5.74, 6) is 0.511.